The average molecular weight is 534 g/mol. The first-order valence-corrected chi connectivity index (χ1v) is 11.9. The van der Waals surface area contributed by atoms with Crippen molar-refractivity contribution in [1.29, 1.82) is 0 Å². The second-order valence-electron chi connectivity index (χ2n) is 8.09. The average Bonchev–Trinajstić information content (AvgIpc) is 3.04. The summed E-state index contributed by atoms with van der Waals surface area (Å²) in [6.07, 6.45) is 1.52. The van der Waals surface area contributed by atoms with Crippen LogP contribution in [-0.4, -0.2) is 94.9 Å². The van der Waals surface area contributed by atoms with E-state index in [-0.39, 0.29) is 43.9 Å². The minimum Gasteiger partial charge on any atom is -0.481 e. The summed E-state index contributed by atoms with van der Waals surface area (Å²) in [5.41, 5.74) is 3.18. The fourth-order valence-electron chi connectivity index (χ4n) is 3.56. The fraction of sp³-hybridized carbons (Fsp3) is 0.435. The van der Waals surface area contributed by atoms with Crippen LogP contribution in [0.4, 0.5) is 15.3 Å². The number of aliphatic carboxylic acids is 1. The van der Waals surface area contributed by atoms with Gasteiger partial charge in [0, 0.05) is 37.7 Å². The molecule has 0 saturated carbocycles. The number of aldehydes is 1. The van der Waals surface area contributed by atoms with E-state index in [1.165, 1.54) is 36.3 Å². The summed E-state index contributed by atoms with van der Waals surface area (Å²) < 4.78 is 0. The highest BCUT2D eigenvalue weighted by atomic mass is 16.4. The van der Waals surface area contributed by atoms with Crippen LogP contribution in [0, 0.1) is 0 Å². The summed E-state index contributed by atoms with van der Waals surface area (Å²) in [4.78, 5) is 82.4. The summed E-state index contributed by atoms with van der Waals surface area (Å²) in [5.74, 6) is -2.25. The third kappa shape index (κ3) is 7.91. The monoisotopic (exact) mass is 533 g/mol. The van der Waals surface area contributed by atoms with Gasteiger partial charge in [-0.2, -0.15) is 0 Å². The minimum absolute atomic E-state index is 0.0415. The predicted molar refractivity (Wildman–Crippen MR) is 132 cm³/mol. The molecule has 1 aromatic carbocycles. The van der Waals surface area contributed by atoms with Crippen molar-refractivity contribution < 1.29 is 38.7 Å². The van der Waals surface area contributed by atoms with Gasteiger partial charge in [-0.25, -0.2) is 24.6 Å². The highest BCUT2D eigenvalue weighted by molar-refractivity contribution is 5.97. The SMILES string of the molecule is CCC(=O)O.CNC(=O)Nc1ccc(C(=O)NN2CCC(=O)N3CCCC(C(=O)NCC=O)N3C2=O)cc1. The molecule has 0 radical (unpaired) electrons. The molecule has 2 aliphatic rings. The van der Waals surface area contributed by atoms with Crippen LogP contribution in [0.15, 0.2) is 24.3 Å². The molecule has 206 valence electrons. The number of hydrogen-bond acceptors (Lipinski definition) is 7. The van der Waals surface area contributed by atoms with E-state index in [1.54, 1.807) is 6.92 Å². The van der Waals surface area contributed by atoms with E-state index in [0.29, 0.717) is 24.8 Å². The van der Waals surface area contributed by atoms with Crippen molar-refractivity contribution in [2.75, 3.05) is 32.0 Å². The smallest absolute Gasteiger partial charge is 0.358 e. The first-order valence-electron chi connectivity index (χ1n) is 11.9. The van der Waals surface area contributed by atoms with Crippen LogP contribution in [-0.2, 0) is 19.2 Å². The molecular weight excluding hydrogens is 502 g/mol. The predicted octanol–water partition coefficient (Wildman–Crippen LogP) is -0.0875. The summed E-state index contributed by atoms with van der Waals surface area (Å²) in [6.45, 7) is 1.58. The molecule has 2 fully saturated rings. The van der Waals surface area contributed by atoms with Crippen LogP contribution in [0.25, 0.3) is 0 Å². The number of carbonyl (C=O) groups excluding carboxylic acids is 6. The van der Waals surface area contributed by atoms with Gasteiger partial charge in [0.15, 0.2) is 0 Å². The second-order valence-corrected chi connectivity index (χ2v) is 8.09. The van der Waals surface area contributed by atoms with Crippen molar-refractivity contribution in [3.63, 3.8) is 0 Å². The number of nitrogens with zero attached hydrogens (tertiary/aromatic N) is 3. The molecule has 0 aromatic heterocycles. The first kappa shape index (κ1) is 29.5. The molecule has 15 heteroatoms. The topological polar surface area (TPSA) is 198 Å². The van der Waals surface area contributed by atoms with E-state index < -0.39 is 35.9 Å². The zero-order valence-corrected chi connectivity index (χ0v) is 21.1. The van der Waals surface area contributed by atoms with Gasteiger partial charge < -0.3 is 25.9 Å². The highest BCUT2D eigenvalue weighted by Crippen LogP contribution is 2.23. The van der Waals surface area contributed by atoms with Crippen LogP contribution in [0.1, 0.15) is 43.0 Å². The van der Waals surface area contributed by atoms with Crippen molar-refractivity contribution in [3.05, 3.63) is 29.8 Å². The van der Waals surface area contributed by atoms with Gasteiger partial charge in [0.2, 0.25) is 11.8 Å². The summed E-state index contributed by atoms with van der Waals surface area (Å²) in [5, 5.41) is 18.4. The lowest BCUT2D eigenvalue weighted by atomic mass is 10.1. The number of hydrogen-bond donors (Lipinski definition) is 5. The van der Waals surface area contributed by atoms with Gasteiger partial charge in [0.05, 0.1) is 13.1 Å². The Labute approximate surface area is 218 Å². The number of benzene rings is 1. The highest BCUT2D eigenvalue weighted by Gasteiger charge is 2.43. The third-order valence-corrected chi connectivity index (χ3v) is 5.50. The van der Waals surface area contributed by atoms with Crippen LogP contribution >= 0.6 is 0 Å². The second kappa shape index (κ2) is 14.2. The van der Waals surface area contributed by atoms with Crippen molar-refractivity contribution in [2.24, 2.45) is 0 Å². The molecule has 0 bridgehead atoms. The molecule has 7 amide bonds. The maximum absolute atomic E-state index is 13.2. The molecule has 15 nitrogen and oxygen atoms in total. The molecule has 0 aliphatic carbocycles. The number of anilines is 1. The van der Waals surface area contributed by atoms with E-state index in [2.05, 4.69) is 21.4 Å². The normalized spacial score (nSPS) is 16.7. The quantitative estimate of drug-likeness (QED) is 0.300. The lowest BCUT2D eigenvalue weighted by molar-refractivity contribution is -0.155. The Balaban J connectivity index is 0.000000926. The standard InChI is InChI=1S/C20H25N7O6.C3H6O2/c1-21-19(32)23-14-6-4-13(5-7-14)17(30)24-25-11-8-16(29)26-10-2-3-15(27(26)20(25)33)18(31)22-9-12-28;1-2-3(4)5/h4-7,12,15H,2-3,8-11H2,1H3,(H,22,31)(H,24,30)(H2,21,23,32);2H2,1H3,(H,4,5). The molecule has 2 aliphatic heterocycles. The molecule has 3 rings (SSSR count). The van der Waals surface area contributed by atoms with Crippen LogP contribution in [0.2, 0.25) is 0 Å². The first-order chi connectivity index (χ1) is 18.1. The van der Waals surface area contributed by atoms with E-state index >= 15 is 0 Å². The van der Waals surface area contributed by atoms with Crippen LogP contribution in [0.5, 0.6) is 0 Å². The Morgan fingerprint density at radius 1 is 1.11 bits per heavy atom. The molecule has 38 heavy (non-hydrogen) atoms. The van der Waals surface area contributed by atoms with Crippen molar-refractivity contribution in [2.45, 2.75) is 38.6 Å². The lowest BCUT2D eigenvalue weighted by Crippen LogP contribution is -2.64. The van der Waals surface area contributed by atoms with Gasteiger partial charge in [-0.3, -0.25) is 24.6 Å². The Morgan fingerprint density at radius 3 is 2.34 bits per heavy atom. The van der Waals surface area contributed by atoms with Crippen LogP contribution in [0.3, 0.4) is 0 Å². The van der Waals surface area contributed by atoms with E-state index in [1.807, 2.05) is 0 Å². The number of nitrogens with one attached hydrogen (secondary N) is 4. The van der Waals surface area contributed by atoms with Gasteiger partial charge >= 0.3 is 18.0 Å². The summed E-state index contributed by atoms with van der Waals surface area (Å²) in [6, 6.07) is 3.87. The number of fused-ring (bicyclic) bond motifs is 1. The van der Waals surface area contributed by atoms with E-state index in [4.69, 9.17) is 5.11 Å². The molecule has 0 spiro atoms. The number of urea groups is 2. The van der Waals surface area contributed by atoms with Gasteiger partial charge in [0.25, 0.3) is 5.91 Å². The Hall–Kier alpha value is -4.69. The van der Waals surface area contributed by atoms with Gasteiger partial charge in [-0.05, 0) is 37.1 Å². The number of carbonyl (C=O) groups is 7. The van der Waals surface area contributed by atoms with Gasteiger partial charge in [-0.1, -0.05) is 6.92 Å². The van der Waals surface area contributed by atoms with Crippen molar-refractivity contribution >= 4 is 47.7 Å². The number of amides is 7. The number of rotatable bonds is 7. The molecule has 1 aromatic rings. The molecule has 2 heterocycles. The van der Waals surface area contributed by atoms with E-state index in [0.717, 1.165) is 10.0 Å². The maximum atomic E-state index is 13.2. The van der Waals surface area contributed by atoms with Crippen LogP contribution < -0.4 is 21.4 Å². The Bertz CT molecular complexity index is 1060. The Kier molecular flexibility index (Phi) is 11.0. The molecule has 2 saturated heterocycles. The maximum Gasteiger partial charge on any atom is 0.358 e. The Morgan fingerprint density at radius 2 is 1.76 bits per heavy atom. The summed E-state index contributed by atoms with van der Waals surface area (Å²) >= 11 is 0. The third-order valence-electron chi connectivity index (χ3n) is 5.50. The lowest BCUT2D eigenvalue weighted by Gasteiger charge is -2.42. The number of hydrazine groups is 2. The molecule has 5 N–H and O–H groups in total. The zero-order chi connectivity index (χ0) is 28.2. The number of carboxylic acid groups (broad SMARTS) is 1. The summed E-state index contributed by atoms with van der Waals surface area (Å²) in [7, 11) is 1.47. The van der Waals surface area contributed by atoms with Gasteiger partial charge in [0.1, 0.15) is 12.3 Å². The van der Waals surface area contributed by atoms with Crippen molar-refractivity contribution in [3.8, 4) is 0 Å². The largest absolute Gasteiger partial charge is 0.481 e. The molecule has 1 unspecified atom stereocenters. The fourth-order valence-corrected chi connectivity index (χ4v) is 3.56. The zero-order valence-electron chi connectivity index (χ0n) is 21.1. The molecule has 1 atom stereocenters. The minimum atomic E-state index is -0.984. The van der Waals surface area contributed by atoms with E-state index in [9.17, 15) is 33.6 Å². The number of carboxylic acids is 1. The molecular formula is C23H31N7O8. The van der Waals surface area contributed by atoms with Gasteiger partial charge in [-0.15, -0.1) is 0 Å². The van der Waals surface area contributed by atoms with Crippen molar-refractivity contribution in [1.82, 2.24) is 31.1 Å².